The molecule has 0 N–H and O–H groups in total. The molecule has 0 atom stereocenters. The number of non-ortho nitro benzene ring substituents is 1. The van der Waals surface area contributed by atoms with E-state index in [9.17, 15) is 23.3 Å². The van der Waals surface area contributed by atoms with Crippen molar-refractivity contribution in [1.29, 1.82) is 0 Å². The van der Waals surface area contributed by atoms with Crippen LogP contribution < -0.4 is 9.64 Å². The Kier molecular flexibility index (Phi) is 7.16. The Morgan fingerprint density at radius 1 is 1.18 bits per heavy atom. The van der Waals surface area contributed by atoms with Crippen LogP contribution in [-0.4, -0.2) is 64.8 Å². The number of nitro benzene ring substituents is 1. The number of sulfonamides is 1. The molecule has 12 heteroatoms. The van der Waals surface area contributed by atoms with Gasteiger partial charge in [0, 0.05) is 39.3 Å². The molecule has 0 aromatic heterocycles. The van der Waals surface area contributed by atoms with Crippen molar-refractivity contribution < 1.29 is 27.6 Å². The number of hydrogen-bond acceptors (Lipinski definition) is 8. The summed E-state index contributed by atoms with van der Waals surface area (Å²) in [6, 6.07) is 7.94. The van der Waals surface area contributed by atoms with Gasteiger partial charge in [0.15, 0.2) is 5.75 Å². The quantitative estimate of drug-likeness (QED) is 0.185. The first-order valence-electron chi connectivity index (χ1n) is 10.0. The third-order valence-electron chi connectivity index (χ3n) is 4.87. The number of benzene rings is 2. The minimum absolute atomic E-state index is 0.0192. The molecule has 1 aliphatic rings. The lowest BCUT2D eigenvalue weighted by molar-refractivity contribution is -0.384. The molecule has 0 saturated carbocycles. The van der Waals surface area contributed by atoms with Crippen LogP contribution in [0.4, 0.5) is 11.4 Å². The van der Waals surface area contributed by atoms with Gasteiger partial charge in [-0.2, -0.15) is 8.42 Å². The summed E-state index contributed by atoms with van der Waals surface area (Å²) in [7, 11) is 0.160. The lowest BCUT2D eigenvalue weighted by Crippen LogP contribution is -2.20. The first-order valence-corrected chi connectivity index (χ1v) is 11.5. The van der Waals surface area contributed by atoms with Crippen LogP contribution in [0.2, 0.25) is 0 Å². The van der Waals surface area contributed by atoms with Crippen LogP contribution in [0.5, 0.6) is 11.5 Å². The van der Waals surface area contributed by atoms with Gasteiger partial charge in [0.25, 0.3) is 15.7 Å². The second-order valence-electron chi connectivity index (χ2n) is 7.52. The van der Waals surface area contributed by atoms with Crippen LogP contribution in [0.3, 0.4) is 0 Å². The third kappa shape index (κ3) is 5.58. The van der Waals surface area contributed by atoms with Crippen molar-refractivity contribution in [3.63, 3.8) is 0 Å². The van der Waals surface area contributed by atoms with E-state index in [2.05, 4.69) is 4.40 Å². The van der Waals surface area contributed by atoms with Crippen molar-refractivity contribution in [2.75, 3.05) is 39.2 Å². The van der Waals surface area contributed by atoms with Crippen molar-refractivity contribution in [3.8, 4) is 11.5 Å². The Morgan fingerprint density at radius 3 is 2.36 bits per heavy atom. The van der Waals surface area contributed by atoms with Gasteiger partial charge in [0.1, 0.15) is 17.0 Å². The van der Waals surface area contributed by atoms with E-state index in [1.54, 1.807) is 14.1 Å². The van der Waals surface area contributed by atoms with E-state index in [0.29, 0.717) is 18.8 Å². The van der Waals surface area contributed by atoms with Gasteiger partial charge in [-0.25, -0.2) is 4.79 Å². The highest BCUT2D eigenvalue weighted by Crippen LogP contribution is 2.41. The van der Waals surface area contributed by atoms with E-state index >= 15 is 0 Å². The lowest BCUT2D eigenvalue weighted by atomic mass is 10.1. The summed E-state index contributed by atoms with van der Waals surface area (Å²) in [4.78, 5) is 25.8. The van der Waals surface area contributed by atoms with Gasteiger partial charge in [0.05, 0.1) is 23.3 Å². The number of carbonyl (C=O) groups excluding carboxylic acids is 1. The maximum absolute atomic E-state index is 13.2. The zero-order chi connectivity index (χ0) is 24.2. The largest absolute Gasteiger partial charge is 0.465 e. The van der Waals surface area contributed by atoms with E-state index in [4.69, 9.17) is 9.47 Å². The predicted octanol–water partition coefficient (Wildman–Crippen LogP) is 3.05. The van der Waals surface area contributed by atoms with Crippen molar-refractivity contribution in [1.82, 2.24) is 4.90 Å². The second kappa shape index (κ2) is 9.86. The van der Waals surface area contributed by atoms with Crippen molar-refractivity contribution in [2.24, 2.45) is 4.40 Å². The number of carbonyl (C=O) groups is 1. The van der Waals surface area contributed by atoms with E-state index < -0.39 is 20.9 Å². The van der Waals surface area contributed by atoms with Gasteiger partial charge < -0.3 is 19.3 Å². The van der Waals surface area contributed by atoms with Gasteiger partial charge >= 0.3 is 5.97 Å². The molecule has 1 saturated heterocycles. The van der Waals surface area contributed by atoms with Crippen LogP contribution in [0.15, 0.2) is 45.7 Å². The van der Waals surface area contributed by atoms with Gasteiger partial charge in [-0.05, 0) is 37.1 Å². The molecular weight excluding hydrogens is 452 g/mol. The van der Waals surface area contributed by atoms with E-state index in [1.165, 1.54) is 42.3 Å². The first-order chi connectivity index (χ1) is 15.6. The Labute approximate surface area is 191 Å². The monoisotopic (exact) mass is 476 g/mol. The number of methoxy groups -OCH3 is 1. The molecular formula is C21H24N4O7S. The minimum atomic E-state index is -4.28. The summed E-state index contributed by atoms with van der Waals surface area (Å²) in [5, 5.41) is 11.0. The highest BCUT2D eigenvalue weighted by atomic mass is 32.2. The normalized spacial score (nSPS) is 13.8. The zero-order valence-electron chi connectivity index (χ0n) is 18.4. The molecule has 176 valence electrons. The van der Waals surface area contributed by atoms with E-state index in [0.717, 1.165) is 25.2 Å². The third-order valence-corrected chi connectivity index (χ3v) is 6.10. The molecule has 0 spiro atoms. The molecule has 2 aromatic rings. The van der Waals surface area contributed by atoms with Crippen LogP contribution in [0, 0.1) is 10.1 Å². The number of anilines is 1. The molecule has 0 unspecified atom stereocenters. The smallest absolute Gasteiger partial charge is 0.337 e. The molecule has 0 aliphatic carbocycles. The molecule has 1 heterocycles. The number of esters is 1. The lowest BCUT2D eigenvalue weighted by Gasteiger charge is -2.23. The van der Waals surface area contributed by atoms with E-state index in [-0.39, 0.29) is 27.6 Å². The number of hydrogen-bond donors (Lipinski definition) is 0. The van der Waals surface area contributed by atoms with Gasteiger partial charge in [0.2, 0.25) is 0 Å². The summed E-state index contributed by atoms with van der Waals surface area (Å²) >= 11 is 0. The van der Waals surface area contributed by atoms with Gasteiger partial charge in [-0.3, -0.25) is 10.1 Å². The average Bonchev–Trinajstić information content (AvgIpc) is 3.32. The maximum Gasteiger partial charge on any atom is 0.337 e. The summed E-state index contributed by atoms with van der Waals surface area (Å²) in [6.45, 7) is 1.28. The minimum Gasteiger partial charge on any atom is -0.465 e. The van der Waals surface area contributed by atoms with Gasteiger partial charge in [-0.15, -0.1) is 4.40 Å². The second-order valence-corrected chi connectivity index (χ2v) is 9.12. The van der Waals surface area contributed by atoms with Crippen LogP contribution in [0.25, 0.3) is 0 Å². The molecule has 3 rings (SSSR count). The van der Waals surface area contributed by atoms with E-state index in [1.807, 2.05) is 4.90 Å². The van der Waals surface area contributed by atoms with Crippen LogP contribution in [0.1, 0.15) is 23.2 Å². The molecule has 1 aliphatic heterocycles. The summed E-state index contributed by atoms with van der Waals surface area (Å²) in [5.41, 5.74) is 0.299. The SMILES string of the molecule is COC(=O)c1cc(N2CCCC2)c(Oc2ccc([N+](=O)[O-])cc2)c(S(=O)(=O)N=CN(C)C)c1. The Hall–Kier alpha value is -3.67. The standard InChI is InChI=1S/C21H24N4O7S/c1-23(2)14-22-33(29,30)19-13-15(21(26)31-3)12-18(24-10-4-5-11-24)20(19)32-17-8-6-16(7-9-17)25(27)28/h6-9,12-14H,4-5,10-11H2,1-3H3. The van der Waals surface area contributed by atoms with Gasteiger partial charge in [-0.1, -0.05) is 0 Å². The summed E-state index contributed by atoms with van der Waals surface area (Å²) in [5.74, 6) is -0.528. The van der Waals surface area contributed by atoms with Crippen molar-refractivity contribution in [2.45, 2.75) is 17.7 Å². The van der Waals surface area contributed by atoms with Crippen molar-refractivity contribution in [3.05, 3.63) is 52.1 Å². The number of rotatable bonds is 8. The summed E-state index contributed by atoms with van der Waals surface area (Å²) in [6.07, 6.45) is 2.91. The molecule has 2 aromatic carbocycles. The Balaban J connectivity index is 2.22. The molecule has 11 nitrogen and oxygen atoms in total. The fourth-order valence-corrected chi connectivity index (χ4v) is 4.36. The topological polar surface area (TPSA) is 132 Å². The predicted molar refractivity (Wildman–Crippen MR) is 122 cm³/mol. The summed E-state index contributed by atoms with van der Waals surface area (Å²) < 4.78 is 40.8. The molecule has 1 fully saturated rings. The fraction of sp³-hybridized carbons (Fsp3) is 0.333. The number of ether oxygens (including phenoxy) is 2. The number of nitrogens with zero attached hydrogens (tertiary/aromatic N) is 4. The Bertz CT molecular complexity index is 1170. The number of nitro groups is 1. The Morgan fingerprint density at radius 2 is 1.82 bits per heavy atom. The highest BCUT2D eigenvalue weighted by molar-refractivity contribution is 7.90. The molecule has 33 heavy (non-hydrogen) atoms. The molecule has 0 radical (unpaired) electrons. The van der Waals surface area contributed by atoms with Crippen molar-refractivity contribution >= 4 is 33.7 Å². The first kappa shape index (κ1) is 24.0. The zero-order valence-corrected chi connectivity index (χ0v) is 19.2. The molecule has 0 bridgehead atoms. The fourth-order valence-electron chi connectivity index (χ4n) is 3.28. The molecule has 0 amide bonds. The maximum atomic E-state index is 13.2. The average molecular weight is 477 g/mol. The van der Waals surface area contributed by atoms with Crippen LogP contribution >= 0.6 is 0 Å². The highest BCUT2D eigenvalue weighted by Gasteiger charge is 2.29. The van der Waals surface area contributed by atoms with Crippen LogP contribution in [-0.2, 0) is 14.8 Å².